The summed E-state index contributed by atoms with van der Waals surface area (Å²) in [5.41, 5.74) is 5.00. The van der Waals surface area contributed by atoms with Crippen LogP contribution < -0.4 is 9.47 Å². The number of aryl methyl sites for hydroxylation is 2. The van der Waals surface area contributed by atoms with Crippen molar-refractivity contribution in [3.05, 3.63) is 77.9 Å². The minimum absolute atomic E-state index is 0.415. The average Bonchev–Trinajstić information content (AvgIpc) is 3.56. The van der Waals surface area contributed by atoms with Crippen molar-refractivity contribution in [3.63, 3.8) is 0 Å². The lowest BCUT2D eigenvalue weighted by Crippen LogP contribution is -2.01. The molecule has 0 aliphatic carbocycles. The van der Waals surface area contributed by atoms with Crippen molar-refractivity contribution >= 4 is 11.8 Å². The van der Waals surface area contributed by atoms with E-state index in [9.17, 15) is 0 Å². The third kappa shape index (κ3) is 4.67. The van der Waals surface area contributed by atoms with E-state index in [-0.39, 0.29) is 0 Å². The molecule has 0 spiro atoms. The highest BCUT2D eigenvalue weighted by molar-refractivity contribution is 7.98. The standard InChI is InChI=1S/C26H24N6O3S/c1-16-5-6-19(13-17(16)2)32-25(18-9-11-27-12-10-18)29-30-26(32)36-15-23-28-24(31-35-23)21-14-20(33-3)7-8-22(21)34-4/h5-14H,15H2,1-4H3. The van der Waals surface area contributed by atoms with Gasteiger partial charge in [-0.1, -0.05) is 23.0 Å². The number of thioether (sulfide) groups is 1. The van der Waals surface area contributed by atoms with Gasteiger partial charge in [-0.2, -0.15) is 4.98 Å². The summed E-state index contributed by atoms with van der Waals surface area (Å²) < 4.78 is 18.4. The summed E-state index contributed by atoms with van der Waals surface area (Å²) in [6.07, 6.45) is 3.49. The van der Waals surface area contributed by atoms with Crippen LogP contribution in [0.5, 0.6) is 11.5 Å². The molecule has 0 aliphatic heterocycles. The summed E-state index contributed by atoms with van der Waals surface area (Å²) in [7, 11) is 3.21. The minimum atomic E-state index is 0.415. The quantitative estimate of drug-likeness (QED) is 0.262. The Bertz CT molecular complexity index is 1500. The van der Waals surface area contributed by atoms with Crippen molar-refractivity contribution in [2.45, 2.75) is 24.8 Å². The number of methoxy groups -OCH3 is 2. The Balaban J connectivity index is 1.46. The smallest absolute Gasteiger partial charge is 0.237 e. The van der Waals surface area contributed by atoms with Gasteiger partial charge in [0.1, 0.15) is 11.5 Å². The summed E-state index contributed by atoms with van der Waals surface area (Å²) in [6, 6.07) is 15.6. The lowest BCUT2D eigenvalue weighted by molar-refractivity contribution is 0.389. The van der Waals surface area contributed by atoms with E-state index in [4.69, 9.17) is 14.0 Å². The zero-order chi connectivity index (χ0) is 25.1. The van der Waals surface area contributed by atoms with Gasteiger partial charge in [-0.25, -0.2) is 0 Å². The van der Waals surface area contributed by atoms with Gasteiger partial charge in [-0.15, -0.1) is 10.2 Å². The molecule has 3 heterocycles. The maximum atomic E-state index is 5.54. The third-order valence-electron chi connectivity index (χ3n) is 5.76. The van der Waals surface area contributed by atoms with Gasteiger partial charge < -0.3 is 14.0 Å². The molecular weight excluding hydrogens is 476 g/mol. The van der Waals surface area contributed by atoms with E-state index in [0.717, 1.165) is 17.1 Å². The van der Waals surface area contributed by atoms with Crippen molar-refractivity contribution in [1.29, 1.82) is 0 Å². The van der Waals surface area contributed by atoms with E-state index < -0.39 is 0 Å². The molecule has 0 fully saturated rings. The van der Waals surface area contributed by atoms with Crippen molar-refractivity contribution < 1.29 is 14.0 Å². The predicted octanol–water partition coefficient (Wildman–Crippen LogP) is 5.31. The van der Waals surface area contributed by atoms with Crippen molar-refractivity contribution in [2.24, 2.45) is 0 Å². The lowest BCUT2D eigenvalue weighted by atomic mass is 10.1. The first-order valence-corrected chi connectivity index (χ1v) is 12.2. The largest absolute Gasteiger partial charge is 0.497 e. The predicted molar refractivity (Wildman–Crippen MR) is 136 cm³/mol. The number of nitrogens with zero attached hydrogens (tertiary/aromatic N) is 6. The fourth-order valence-electron chi connectivity index (χ4n) is 3.69. The molecule has 3 aromatic heterocycles. The Hall–Kier alpha value is -4.18. The van der Waals surface area contributed by atoms with Gasteiger partial charge in [0.05, 0.1) is 31.2 Å². The van der Waals surface area contributed by atoms with E-state index in [0.29, 0.717) is 39.7 Å². The third-order valence-corrected chi connectivity index (χ3v) is 6.67. The number of pyridine rings is 1. The van der Waals surface area contributed by atoms with E-state index in [2.05, 4.69) is 57.4 Å². The highest BCUT2D eigenvalue weighted by Gasteiger charge is 2.19. The molecule has 0 atom stereocenters. The Morgan fingerprint density at radius 2 is 1.75 bits per heavy atom. The lowest BCUT2D eigenvalue weighted by Gasteiger charge is -2.11. The van der Waals surface area contributed by atoms with Crippen LogP contribution in [0.2, 0.25) is 0 Å². The molecule has 0 saturated heterocycles. The van der Waals surface area contributed by atoms with Gasteiger partial charge in [-0.3, -0.25) is 9.55 Å². The van der Waals surface area contributed by atoms with Crippen LogP contribution in [0.3, 0.4) is 0 Å². The minimum Gasteiger partial charge on any atom is -0.497 e. The summed E-state index contributed by atoms with van der Waals surface area (Å²) in [6.45, 7) is 4.18. The van der Waals surface area contributed by atoms with Gasteiger partial charge >= 0.3 is 0 Å². The molecule has 182 valence electrons. The molecule has 2 aromatic carbocycles. The van der Waals surface area contributed by atoms with Gasteiger partial charge in [-0.05, 0) is 67.4 Å². The number of ether oxygens (including phenoxy) is 2. The van der Waals surface area contributed by atoms with Gasteiger partial charge in [0, 0.05) is 18.0 Å². The Morgan fingerprint density at radius 3 is 2.50 bits per heavy atom. The summed E-state index contributed by atoms with van der Waals surface area (Å²) in [4.78, 5) is 8.70. The Labute approximate surface area is 212 Å². The van der Waals surface area contributed by atoms with Crippen LogP contribution >= 0.6 is 11.8 Å². The molecule has 5 rings (SSSR count). The second-order valence-corrected chi connectivity index (χ2v) is 8.96. The zero-order valence-electron chi connectivity index (χ0n) is 20.3. The number of benzene rings is 2. The molecule has 0 N–H and O–H groups in total. The second-order valence-electron chi connectivity index (χ2n) is 8.01. The molecule has 0 aliphatic rings. The molecule has 5 aromatic rings. The van der Waals surface area contributed by atoms with Crippen molar-refractivity contribution in [3.8, 4) is 40.0 Å². The van der Waals surface area contributed by atoms with Gasteiger partial charge in [0.15, 0.2) is 11.0 Å². The van der Waals surface area contributed by atoms with Crippen LogP contribution in [0.1, 0.15) is 17.0 Å². The van der Waals surface area contributed by atoms with Crippen molar-refractivity contribution in [1.82, 2.24) is 29.9 Å². The van der Waals surface area contributed by atoms with E-state index in [1.165, 1.54) is 22.9 Å². The van der Waals surface area contributed by atoms with Crippen LogP contribution in [0.4, 0.5) is 0 Å². The second kappa shape index (κ2) is 10.2. The maximum absolute atomic E-state index is 5.54. The molecule has 10 heteroatoms. The fraction of sp³-hybridized carbons (Fsp3) is 0.192. The normalized spacial score (nSPS) is 11.0. The van der Waals surface area contributed by atoms with Crippen molar-refractivity contribution in [2.75, 3.05) is 14.2 Å². The summed E-state index contributed by atoms with van der Waals surface area (Å²) >= 11 is 1.47. The van der Waals surface area contributed by atoms with Crippen LogP contribution in [-0.4, -0.2) is 44.1 Å². The molecule has 0 saturated carbocycles. The zero-order valence-corrected chi connectivity index (χ0v) is 21.1. The summed E-state index contributed by atoms with van der Waals surface area (Å²) in [5.74, 6) is 3.34. The Kier molecular flexibility index (Phi) is 6.68. The first-order valence-electron chi connectivity index (χ1n) is 11.2. The average molecular weight is 501 g/mol. The van der Waals surface area contributed by atoms with E-state index in [1.807, 2.05) is 34.9 Å². The SMILES string of the molecule is COc1ccc(OC)c(-c2noc(CSc3nnc(-c4ccncc4)n3-c3ccc(C)c(C)c3)n2)c1. The maximum Gasteiger partial charge on any atom is 0.237 e. The van der Waals surface area contributed by atoms with Crippen LogP contribution in [0.15, 0.2) is 70.6 Å². The van der Waals surface area contributed by atoms with Gasteiger partial charge in [0.2, 0.25) is 11.7 Å². The number of hydrogen-bond donors (Lipinski definition) is 0. The Morgan fingerprint density at radius 1 is 0.917 bits per heavy atom. The summed E-state index contributed by atoms with van der Waals surface area (Å²) in [5, 5.41) is 13.8. The van der Waals surface area contributed by atoms with Crippen LogP contribution in [0.25, 0.3) is 28.5 Å². The molecule has 0 radical (unpaired) electrons. The number of hydrogen-bond acceptors (Lipinski definition) is 9. The monoisotopic (exact) mass is 500 g/mol. The first kappa shape index (κ1) is 23.6. The highest BCUT2D eigenvalue weighted by Crippen LogP contribution is 2.33. The number of aromatic nitrogens is 6. The van der Waals surface area contributed by atoms with Crippen LogP contribution in [-0.2, 0) is 5.75 Å². The molecule has 0 bridgehead atoms. The fourth-order valence-corrected chi connectivity index (χ4v) is 4.48. The topological polar surface area (TPSA) is 101 Å². The molecule has 0 amide bonds. The number of rotatable bonds is 8. The first-order chi connectivity index (χ1) is 17.6. The van der Waals surface area contributed by atoms with Gasteiger partial charge in [0.25, 0.3) is 0 Å². The highest BCUT2D eigenvalue weighted by atomic mass is 32.2. The van der Waals surface area contributed by atoms with E-state index in [1.54, 1.807) is 26.6 Å². The molecule has 0 unspecified atom stereocenters. The molecular formula is C26H24N6O3S. The molecule has 9 nitrogen and oxygen atoms in total. The van der Waals surface area contributed by atoms with E-state index >= 15 is 0 Å². The molecule has 36 heavy (non-hydrogen) atoms. The van der Waals surface area contributed by atoms with Crippen LogP contribution in [0, 0.1) is 13.8 Å².